The average molecular weight is 313 g/mol. The molecule has 0 aliphatic heterocycles. The fourth-order valence-electron chi connectivity index (χ4n) is 2.32. The maximum atomic E-state index is 10.8. The molecule has 0 spiro atoms. The van der Waals surface area contributed by atoms with Crippen LogP contribution in [0, 0.1) is 6.92 Å². The number of carboxylic acid groups (broad SMARTS) is 1. The molecule has 5 nitrogen and oxygen atoms in total. The molecule has 0 aliphatic rings. The van der Waals surface area contributed by atoms with Crippen LogP contribution in [0.3, 0.4) is 0 Å². The van der Waals surface area contributed by atoms with E-state index in [0.717, 1.165) is 31.6 Å². The van der Waals surface area contributed by atoms with E-state index in [1.165, 1.54) is 17.3 Å². The van der Waals surface area contributed by atoms with Gasteiger partial charge in [-0.25, -0.2) is 9.78 Å². The summed E-state index contributed by atoms with van der Waals surface area (Å²) >= 11 is 0. The normalized spacial score (nSPS) is 10.9. The Labute approximate surface area is 137 Å². The minimum absolute atomic E-state index is 0.0209. The molecule has 0 radical (unpaired) electrons. The number of aryl methyl sites for hydroxylation is 1. The van der Waals surface area contributed by atoms with Gasteiger partial charge in [0.1, 0.15) is 0 Å². The van der Waals surface area contributed by atoms with E-state index < -0.39 is 5.97 Å². The third kappa shape index (κ3) is 5.45. The molecule has 1 heterocycles. The lowest BCUT2D eigenvalue weighted by molar-refractivity contribution is 0.0690. The van der Waals surface area contributed by atoms with Crippen LogP contribution in [-0.2, 0) is 13.1 Å². The molecule has 0 unspecified atom stereocenters. The third-order valence-corrected chi connectivity index (χ3v) is 3.66. The van der Waals surface area contributed by atoms with Gasteiger partial charge >= 0.3 is 5.97 Å². The highest BCUT2D eigenvalue weighted by Crippen LogP contribution is 2.11. The van der Waals surface area contributed by atoms with E-state index in [-0.39, 0.29) is 5.69 Å². The molecule has 0 aliphatic carbocycles. The molecule has 122 valence electrons. The van der Waals surface area contributed by atoms with E-state index in [1.54, 1.807) is 6.20 Å². The van der Waals surface area contributed by atoms with Crippen LogP contribution in [0.2, 0.25) is 0 Å². The molecule has 1 aromatic heterocycles. The summed E-state index contributed by atoms with van der Waals surface area (Å²) in [6.45, 7) is 6.75. The Morgan fingerprint density at radius 2 is 1.87 bits per heavy atom. The highest BCUT2D eigenvalue weighted by atomic mass is 16.4. The Bertz CT molecular complexity index is 624. The molecule has 0 saturated heterocycles. The number of rotatable bonds is 8. The number of hydrogen-bond acceptors (Lipinski definition) is 4. The van der Waals surface area contributed by atoms with Gasteiger partial charge in [-0.2, -0.15) is 0 Å². The molecule has 5 heteroatoms. The lowest BCUT2D eigenvalue weighted by atomic mass is 10.1. The van der Waals surface area contributed by atoms with E-state index >= 15 is 0 Å². The number of carboxylic acids is 1. The van der Waals surface area contributed by atoms with Crippen LogP contribution >= 0.6 is 0 Å². The number of aromatic nitrogens is 2. The van der Waals surface area contributed by atoms with Crippen molar-refractivity contribution in [2.24, 2.45) is 0 Å². The first-order chi connectivity index (χ1) is 11.1. The van der Waals surface area contributed by atoms with E-state index in [0.29, 0.717) is 6.54 Å². The highest BCUT2D eigenvalue weighted by molar-refractivity contribution is 5.84. The topological polar surface area (TPSA) is 66.3 Å². The van der Waals surface area contributed by atoms with Crippen molar-refractivity contribution in [3.8, 4) is 0 Å². The molecule has 2 rings (SSSR count). The van der Waals surface area contributed by atoms with Gasteiger partial charge in [-0.15, -0.1) is 0 Å². The number of nitrogens with zero attached hydrogens (tertiary/aromatic N) is 3. The second-order valence-electron chi connectivity index (χ2n) is 5.75. The molecule has 0 saturated carbocycles. The second kappa shape index (κ2) is 8.39. The van der Waals surface area contributed by atoms with Crippen molar-refractivity contribution in [2.75, 3.05) is 6.54 Å². The molecule has 0 amide bonds. The Balaban J connectivity index is 2.05. The number of aromatic carboxylic acids is 1. The smallest absolute Gasteiger partial charge is 0.356 e. The van der Waals surface area contributed by atoms with Gasteiger partial charge in [0.15, 0.2) is 5.69 Å². The van der Waals surface area contributed by atoms with E-state index in [9.17, 15) is 4.79 Å². The van der Waals surface area contributed by atoms with Crippen molar-refractivity contribution >= 4 is 5.97 Å². The van der Waals surface area contributed by atoms with Crippen molar-refractivity contribution in [2.45, 2.75) is 39.8 Å². The fourth-order valence-corrected chi connectivity index (χ4v) is 2.32. The molecule has 23 heavy (non-hydrogen) atoms. The lowest BCUT2D eigenvalue weighted by Crippen LogP contribution is -2.24. The van der Waals surface area contributed by atoms with Crippen LogP contribution in [0.25, 0.3) is 0 Å². The monoisotopic (exact) mass is 313 g/mol. The standard InChI is InChI=1S/C18H23N3O2/c1-3-4-9-21(12-15-7-5-14(2)6-8-15)13-16-10-20-17(11-19-16)18(22)23/h5-8,10-11H,3-4,9,12-13H2,1-2H3,(H,22,23). The Morgan fingerprint density at radius 3 is 2.43 bits per heavy atom. The van der Waals surface area contributed by atoms with Crippen molar-refractivity contribution in [1.29, 1.82) is 0 Å². The molecule has 1 aromatic carbocycles. The number of unbranched alkanes of at least 4 members (excludes halogenated alkanes) is 1. The molecule has 0 atom stereocenters. The summed E-state index contributed by atoms with van der Waals surface area (Å²) in [4.78, 5) is 21.3. The van der Waals surface area contributed by atoms with Crippen LogP contribution < -0.4 is 0 Å². The molecular formula is C18H23N3O2. The largest absolute Gasteiger partial charge is 0.476 e. The summed E-state index contributed by atoms with van der Waals surface area (Å²) < 4.78 is 0. The van der Waals surface area contributed by atoms with Crippen molar-refractivity contribution in [1.82, 2.24) is 14.9 Å². The first-order valence-electron chi connectivity index (χ1n) is 7.90. The van der Waals surface area contributed by atoms with Gasteiger partial charge in [0.2, 0.25) is 0 Å². The summed E-state index contributed by atoms with van der Waals surface area (Å²) in [5, 5.41) is 8.88. The van der Waals surface area contributed by atoms with Crippen LogP contribution in [0.5, 0.6) is 0 Å². The summed E-state index contributed by atoms with van der Waals surface area (Å²) in [6.07, 6.45) is 5.12. The lowest BCUT2D eigenvalue weighted by Gasteiger charge is -2.22. The average Bonchev–Trinajstić information content (AvgIpc) is 2.55. The molecular weight excluding hydrogens is 290 g/mol. The van der Waals surface area contributed by atoms with E-state index in [1.807, 2.05) is 0 Å². The van der Waals surface area contributed by atoms with Gasteiger partial charge in [-0.05, 0) is 25.5 Å². The maximum Gasteiger partial charge on any atom is 0.356 e. The number of benzene rings is 1. The molecule has 2 aromatic rings. The van der Waals surface area contributed by atoms with Crippen molar-refractivity contribution in [3.63, 3.8) is 0 Å². The first kappa shape index (κ1) is 17.1. The highest BCUT2D eigenvalue weighted by Gasteiger charge is 2.10. The summed E-state index contributed by atoms with van der Waals surface area (Å²) in [6, 6.07) is 8.53. The zero-order valence-corrected chi connectivity index (χ0v) is 13.7. The van der Waals surface area contributed by atoms with Gasteiger partial charge in [-0.1, -0.05) is 43.2 Å². The van der Waals surface area contributed by atoms with Gasteiger partial charge in [0, 0.05) is 13.1 Å². The minimum atomic E-state index is -1.05. The van der Waals surface area contributed by atoms with E-state index in [4.69, 9.17) is 5.11 Å². The molecule has 0 bridgehead atoms. The maximum absolute atomic E-state index is 10.8. The van der Waals surface area contributed by atoms with Crippen molar-refractivity contribution in [3.05, 3.63) is 59.2 Å². The summed E-state index contributed by atoms with van der Waals surface area (Å²) in [5.74, 6) is -1.05. The predicted molar refractivity (Wildman–Crippen MR) is 89.2 cm³/mol. The van der Waals surface area contributed by atoms with Crippen LogP contribution in [0.4, 0.5) is 0 Å². The van der Waals surface area contributed by atoms with Crippen LogP contribution in [-0.4, -0.2) is 32.5 Å². The third-order valence-electron chi connectivity index (χ3n) is 3.66. The molecule has 1 N–H and O–H groups in total. The van der Waals surface area contributed by atoms with Gasteiger partial charge in [0.25, 0.3) is 0 Å². The zero-order valence-electron chi connectivity index (χ0n) is 13.7. The number of carbonyl (C=O) groups is 1. The second-order valence-corrected chi connectivity index (χ2v) is 5.75. The van der Waals surface area contributed by atoms with Gasteiger partial charge < -0.3 is 5.11 Å². The Hall–Kier alpha value is -2.27. The van der Waals surface area contributed by atoms with Gasteiger partial charge in [0.05, 0.1) is 18.1 Å². The van der Waals surface area contributed by atoms with Crippen LogP contribution in [0.15, 0.2) is 36.7 Å². The number of hydrogen-bond donors (Lipinski definition) is 1. The first-order valence-corrected chi connectivity index (χ1v) is 7.90. The Kier molecular flexibility index (Phi) is 6.23. The molecule has 0 fully saturated rings. The van der Waals surface area contributed by atoms with E-state index in [2.05, 4.69) is 53.0 Å². The SMILES string of the molecule is CCCCN(Cc1ccc(C)cc1)Cc1cnc(C(=O)O)cn1. The minimum Gasteiger partial charge on any atom is -0.476 e. The van der Waals surface area contributed by atoms with Crippen LogP contribution in [0.1, 0.15) is 47.1 Å². The predicted octanol–water partition coefficient (Wildman–Crippen LogP) is 3.29. The fraction of sp³-hybridized carbons (Fsp3) is 0.389. The van der Waals surface area contributed by atoms with Gasteiger partial charge in [-0.3, -0.25) is 9.88 Å². The Morgan fingerprint density at radius 1 is 1.13 bits per heavy atom. The quantitative estimate of drug-likeness (QED) is 0.810. The summed E-state index contributed by atoms with van der Waals surface area (Å²) in [7, 11) is 0. The summed E-state index contributed by atoms with van der Waals surface area (Å²) in [5.41, 5.74) is 3.29. The van der Waals surface area contributed by atoms with Crippen molar-refractivity contribution < 1.29 is 9.90 Å². The zero-order chi connectivity index (χ0) is 16.7.